The number of Topliss-reactive ketones (excluding diaryl/α,β-unsaturated/α-hetero) is 2. The zero-order valence-electron chi connectivity index (χ0n) is 12.2. The molecule has 1 aliphatic heterocycles. The number of nitrogens with zero attached hydrogens (tertiary/aromatic N) is 1. The summed E-state index contributed by atoms with van der Waals surface area (Å²) in [6.45, 7) is 6.87. The SMILES string of the molecule is CC(=O)C1(C)C(C#N)=C(N)OC2=C1C(=O)CC(C)(C)C2. The van der Waals surface area contributed by atoms with Crippen molar-refractivity contribution in [1.82, 2.24) is 0 Å². The fourth-order valence-corrected chi connectivity index (χ4v) is 2.98. The average Bonchev–Trinajstić information content (AvgIpc) is 2.25. The second kappa shape index (κ2) is 4.20. The van der Waals surface area contributed by atoms with Crippen LogP contribution in [-0.4, -0.2) is 11.6 Å². The van der Waals surface area contributed by atoms with Crippen LogP contribution in [0.25, 0.3) is 0 Å². The molecule has 0 aromatic rings. The molecule has 1 aliphatic carbocycles. The van der Waals surface area contributed by atoms with Gasteiger partial charge in [-0.05, 0) is 19.3 Å². The molecule has 1 unspecified atom stereocenters. The topological polar surface area (TPSA) is 93.2 Å². The molecule has 0 radical (unpaired) electrons. The first-order valence-electron chi connectivity index (χ1n) is 6.49. The molecule has 0 spiro atoms. The third-order valence-corrected chi connectivity index (χ3v) is 4.13. The summed E-state index contributed by atoms with van der Waals surface area (Å²) in [5, 5.41) is 9.27. The van der Waals surface area contributed by atoms with E-state index in [0.717, 1.165) is 0 Å². The van der Waals surface area contributed by atoms with E-state index in [4.69, 9.17) is 10.5 Å². The minimum Gasteiger partial charge on any atom is -0.444 e. The Hall–Kier alpha value is -2.09. The van der Waals surface area contributed by atoms with E-state index < -0.39 is 5.41 Å². The molecule has 0 amide bonds. The van der Waals surface area contributed by atoms with Crippen LogP contribution in [-0.2, 0) is 14.3 Å². The van der Waals surface area contributed by atoms with Gasteiger partial charge in [0.05, 0.1) is 11.0 Å². The number of ketones is 2. The zero-order valence-corrected chi connectivity index (χ0v) is 12.2. The number of ether oxygens (including phenoxy) is 1. The van der Waals surface area contributed by atoms with Gasteiger partial charge in [-0.2, -0.15) is 5.26 Å². The third-order valence-electron chi connectivity index (χ3n) is 4.13. The maximum absolute atomic E-state index is 12.5. The number of allylic oxidation sites excluding steroid dienone is 3. The number of carbonyl (C=O) groups excluding carboxylic acids is 2. The maximum Gasteiger partial charge on any atom is 0.205 e. The lowest BCUT2D eigenvalue weighted by Gasteiger charge is -2.40. The fraction of sp³-hybridized carbons (Fsp3) is 0.533. The van der Waals surface area contributed by atoms with E-state index in [0.29, 0.717) is 24.2 Å². The highest BCUT2D eigenvalue weighted by atomic mass is 16.5. The number of rotatable bonds is 1. The normalized spacial score (nSPS) is 28.6. The summed E-state index contributed by atoms with van der Waals surface area (Å²) < 4.78 is 5.49. The molecule has 20 heavy (non-hydrogen) atoms. The molecule has 0 aromatic heterocycles. The predicted molar refractivity (Wildman–Crippen MR) is 71.7 cm³/mol. The van der Waals surface area contributed by atoms with Crippen LogP contribution < -0.4 is 5.73 Å². The molecular formula is C15H18N2O3. The van der Waals surface area contributed by atoms with Gasteiger partial charge in [0.2, 0.25) is 5.88 Å². The van der Waals surface area contributed by atoms with Crippen molar-refractivity contribution in [3.05, 3.63) is 22.8 Å². The molecule has 2 aliphatic rings. The van der Waals surface area contributed by atoms with Gasteiger partial charge in [-0.1, -0.05) is 13.8 Å². The van der Waals surface area contributed by atoms with Crippen LogP contribution in [0.2, 0.25) is 0 Å². The molecule has 0 saturated heterocycles. The lowest BCUT2D eigenvalue weighted by Crippen LogP contribution is -2.43. The first kappa shape index (κ1) is 14.3. The smallest absolute Gasteiger partial charge is 0.205 e. The number of nitriles is 1. The molecule has 0 aromatic carbocycles. The summed E-state index contributed by atoms with van der Waals surface area (Å²) in [5.74, 6) is -0.0649. The first-order valence-corrected chi connectivity index (χ1v) is 6.49. The fourth-order valence-electron chi connectivity index (χ4n) is 2.98. The van der Waals surface area contributed by atoms with E-state index in [1.54, 1.807) is 6.92 Å². The number of carbonyl (C=O) groups is 2. The van der Waals surface area contributed by atoms with Gasteiger partial charge in [-0.15, -0.1) is 0 Å². The molecule has 0 saturated carbocycles. The van der Waals surface area contributed by atoms with Gasteiger partial charge in [-0.3, -0.25) is 9.59 Å². The maximum atomic E-state index is 12.5. The molecule has 5 heteroatoms. The Morgan fingerprint density at radius 2 is 1.95 bits per heavy atom. The van der Waals surface area contributed by atoms with Crippen molar-refractivity contribution in [1.29, 1.82) is 5.26 Å². The number of hydrogen-bond acceptors (Lipinski definition) is 5. The van der Waals surface area contributed by atoms with Crippen LogP contribution in [0.15, 0.2) is 22.8 Å². The molecule has 0 bridgehead atoms. The van der Waals surface area contributed by atoms with Crippen molar-refractivity contribution in [2.75, 3.05) is 0 Å². The summed E-state index contributed by atoms with van der Waals surface area (Å²) in [4.78, 5) is 24.6. The van der Waals surface area contributed by atoms with Crippen molar-refractivity contribution in [3.8, 4) is 6.07 Å². The summed E-state index contributed by atoms with van der Waals surface area (Å²) >= 11 is 0. The van der Waals surface area contributed by atoms with Crippen molar-refractivity contribution in [2.45, 2.75) is 40.5 Å². The Labute approximate surface area is 118 Å². The molecule has 5 nitrogen and oxygen atoms in total. The van der Waals surface area contributed by atoms with Gasteiger partial charge in [-0.25, -0.2) is 0 Å². The molecule has 2 N–H and O–H groups in total. The molecule has 1 heterocycles. The monoisotopic (exact) mass is 274 g/mol. The van der Waals surface area contributed by atoms with Crippen molar-refractivity contribution >= 4 is 11.6 Å². The van der Waals surface area contributed by atoms with Crippen LogP contribution in [0.3, 0.4) is 0 Å². The Kier molecular flexibility index (Phi) is 3.01. The van der Waals surface area contributed by atoms with Crippen LogP contribution in [0.4, 0.5) is 0 Å². The standard InChI is InChI=1S/C15H18N2O3/c1-8(18)15(4)9(7-16)13(17)20-11-6-14(2,3)5-10(19)12(11)15/h5-6,17H2,1-4H3. The highest BCUT2D eigenvalue weighted by Gasteiger charge is 2.51. The Morgan fingerprint density at radius 3 is 2.45 bits per heavy atom. The minimum atomic E-state index is -1.29. The summed E-state index contributed by atoms with van der Waals surface area (Å²) in [7, 11) is 0. The molecule has 106 valence electrons. The quantitative estimate of drug-likeness (QED) is 0.788. The second-order valence-electron chi connectivity index (χ2n) is 6.37. The average molecular weight is 274 g/mol. The highest BCUT2D eigenvalue weighted by molar-refractivity contribution is 6.07. The van der Waals surface area contributed by atoms with E-state index in [1.807, 2.05) is 19.9 Å². The van der Waals surface area contributed by atoms with Crippen LogP contribution in [0.1, 0.15) is 40.5 Å². The third kappa shape index (κ3) is 1.83. The number of hydrogen-bond donors (Lipinski definition) is 1. The van der Waals surface area contributed by atoms with Crippen molar-refractivity contribution in [3.63, 3.8) is 0 Å². The molecule has 2 rings (SSSR count). The molecule has 0 fully saturated rings. The van der Waals surface area contributed by atoms with Gasteiger partial charge in [0.25, 0.3) is 0 Å². The number of nitrogens with two attached hydrogens (primary N) is 1. The van der Waals surface area contributed by atoms with Gasteiger partial charge in [0, 0.05) is 12.8 Å². The Bertz CT molecular complexity index is 620. The van der Waals surface area contributed by atoms with Crippen LogP contribution >= 0.6 is 0 Å². The molecule has 1 atom stereocenters. The van der Waals surface area contributed by atoms with Gasteiger partial charge >= 0.3 is 0 Å². The lowest BCUT2D eigenvalue weighted by atomic mass is 9.64. The van der Waals surface area contributed by atoms with Crippen LogP contribution in [0.5, 0.6) is 0 Å². The van der Waals surface area contributed by atoms with E-state index in [2.05, 4.69) is 0 Å². The van der Waals surface area contributed by atoms with E-state index >= 15 is 0 Å². The van der Waals surface area contributed by atoms with Gasteiger partial charge < -0.3 is 10.5 Å². The van der Waals surface area contributed by atoms with Crippen LogP contribution in [0, 0.1) is 22.2 Å². The lowest BCUT2D eigenvalue weighted by molar-refractivity contribution is -0.127. The van der Waals surface area contributed by atoms with Crippen molar-refractivity contribution < 1.29 is 14.3 Å². The summed E-state index contributed by atoms with van der Waals surface area (Å²) in [5.41, 5.74) is 4.58. The molecular weight excluding hydrogens is 256 g/mol. The summed E-state index contributed by atoms with van der Waals surface area (Å²) in [6.07, 6.45) is 0.854. The predicted octanol–water partition coefficient (Wildman–Crippen LogP) is 1.95. The van der Waals surface area contributed by atoms with Gasteiger partial charge in [0.15, 0.2) is 5.78 Å². The van der Waals surface area contributed by atoms with E-state index in [9.17, 15) is 14.9 Å². The zero-order chi connectivity index (χ0) is 15.3. The second-order valence-corrected chi connectivity index (χ2v) is 6.37. The van der Waals surface area contributed by atoms with Gasteiger partial charge in [0.1, 0.15) is 23.2 Å². The minimum absolute atomic E-state index is 0.0248. The first-order chi connectivity index (χ1) is 9.13. The van der Waals surface area contributed by atoms with Crippen molar-refractivity contribution in [2.24, 2.45) is 16.6 Å². The van der Waals surface area contributed by atoms with E-state index in [1.165, 1.54) is 6.92 Å². The summed E-state index contributed by atoms with van der Waals surface area (Å²) in [6, 6.07) is 1.92. The highest BCUT2D eigenvalue weighted by Crippen LogP contribution is 2.50. The van der Waals surface area contributed by atoms with E-state index in [-0.39, 0.29) is 28.4 Å². The Balaban J connectivity index is 2.70. The Morgan fingerprint density at radius 1 is 1.35 bits per heavy atom. The largest absolute Gasteiger partial charge is 0.444 e.